The molecule has 0 atom stereocenters. The highest BCUT2D eigenvalue weighted by Gasteiger charge is 1.83. The Hall–Kier alpha value is -0.0800. The van der Waals surface area contributed by atoms with Crippen molar-refractivity contribution in [1.82, 2.24) is 0 Å². The molecule has 2 nitrogen and oxygen atoms in total. The molecule has 0 saturated heterocycles. The third kappa shape index (κ3) is 33.5. The number of hydrogen-bond acceptors (Lipinski definition) is 2. The lowest BCUT2D eigenvalue weighted by Gasteiger charge is -2.00. The second kappa shape index (κ2) is 29.7. The fraction of sp³-hybridized carbons (Fsp3) is 1.00. The van der Waals surface area contributed by atoms with Crippen molar-refractivity contribution in [2.24, 2.45) is 0 Å². The maximum atomic E-state index is 5.16. The van der Waals surface area contributed by atoms with E-state index in [4.69, 9.17) is 9.47 Å². The van der Waals surface area contributed by atoms with Gasteiger partial charge in [0, 0.05) is 13.2 Å². The van der Waals surface area contributed by atoms with Gasteiger partial charge in [0.1, 0.15) is 0 Å². The van der Waals surface area contributed by atoms with Gasteiger partial charge in [-0.3, -0.25) is 0 Å². The maximum absolute atomic E-state index is 5.16. The van der Waals surface area contributed by atoms with Crippen molar-refractivity contribution < 1.29 is 9.47 Å². The van der Waals surface area contributed by atoms with E-state index < -0.39 is 0 Å². The molecule has 0 aromatic carbocycles. The molecule has 0 spiro atoms. The van der Waals surface area contributed by atoms with E-state index in [1.54, 1.807) is 0 Å². The van der Waals surface area contributed by atoms with Gasteiger partial charge in [-0.1, -0.05) is 36.6 Å². The lowest BCUT2D eigenvalue weighted by Crippen LogP contribution is -2.03. The quantitative estimate of drug-likeness (QED) is 0.598. The summed E-state index contributed by atoms with van der Waals surface area (Å²) in [6, 6.07) is 0. The van der Waals surface area contributed by atoms with Crippen molar-refractivity contribution in [3.8, 4) is 0 Å². The zero-order valence-corrected chi connectivity index (χ0v) is 6.35. The molecule has 0 aliphatic heterocycles. The largest absolute Gasteiger partial charge is 0.379 e. The molecule has 0 radical (unpaired) electrons. The Morgan fingerprint density at radius 3 is 1.54 bits per heavy atom. The molecule has 88 valence electrons. The summed E-state index contributed by atoms with van der Waals surface area (Å²) < 4.78 is 10.2. The topological polar surface area (TPSA) is 18.5 Å². The molecular formula is C11H32O2. The SMILES string of the molecule is C.C.C.C.CCCOCCOCC. The van der Waals surface area contributed by atoms with E-state index in [0.717, 1.165) is 32.8 Å². The van der Waals surface area contributed by atoms with Gasteiger partial charge in [0.15, 0.2) is 0 Å². The highest BCUT2D eigenvalue weighted by atomic mass is 16.5. The second-order valence-corrected chi connectivity index (χ2v) is 1.81. The molecule has 0 aromatic heterocycles. The summed E-state index contributed by atoms with van der Waals surface area (Å²) in [6.07, 6.45) is 1.09. The van der Waals surface area contributed by atoms with Crippen molar-refractivity contribution in [2.45, 2.75) is 50.0 Å². The van der Waals surface area contributed by atoms with E-state index in [-0.39, 0.29) is 29.7 Å². The standard InChI is InChI=1S/C7H16O2.4CH4/c1-3-5-9-7-6-8-4-2;;;;/h3-7H2,1-2H3;4*1H4. The van der Waals surface area contributed by atoms with Gasteiger partial charge in [0.25, 0.3) is 0 Å². The minimum atomic E-state index is 0. The summed E-state index contributed by atoms with van der Waals surface area (Å²) >= 11 is 0. The summed E-state index contributed by atoms with van der Waals surface area (Å²) in [7, 11) is 0. The van der Waals surface area contributed by atoms with E-state index in [1.807, 2.05) is 6.92 Å². The highest BCUT2D eigenvalue weighted by Crippen LogP contribution is 1.80. The summed E-state index contributed by atoms with van der Waals surface area (Å²) in [5, 5.41) is 0. The maximum Gasteiger partial charge on any atom is 0.0700 e. The van der Waals surface area contributed by atoms with Crippen molar-refractivity contribution in [3.63, 3.8) is 0 Å². The van der Waals surface area contributed by atoms with Gasteiger partial charge in [-0.2, -0.15) is 0 Å². The number of ether oxygens (including phenoxy) is 2. The molecule has 0 amide bonds. The second-order valence-electron chi connectivity index (χ2n) is 1.81. The van der Waals surface area contributed by atoms with Crippen LogP contribution in [-0.2, 0) is 9.47 Å². The monoisotopic (exact) mass is 196 g/mol. The number of rotatable bonds is 6. The van der Waals surface area contributed by atoms with Gasteiger partial charge in [0.05, 0.1) is 13.2 Å². The molecule has 2 heteroatoms. The van der Waals surface area contributed by atoms with Crippen LogP contribution in [0.5, 0.6) is 0 Å². The first-order valence-electron chi connectivity index (χ1n) is 3.57. The zero-order chi connectivity index (χ0) is 6.95. The van der Waals surface area contributed by atoms with Crippen molar-refractivity contribution in [1.29, 1.82) is 0 Å². The first-order chi connectivity index (χ1) is 4.41. The van der Waals surface area contributed by atoms with Crippen molar-refractivity contribution >= 4 is 0 Å². The van der Waals surface area contributed by atoms with Gasteiger partial charge >= 0.3 is 0 Å². The smallest absolute Gasteiger partial charge is 0.0700 e. The molecule has 13 heavy (non-hydrogen) atoms. The minimum Gasteiger partial charge on any atom is -0.379 e. The first-order valence-corrected chi connectivity index (χ1v) is 3.57. The molecule has 0 saturated carbocycles. The van der Waals surface area contributed by atoms with E-state index in [9.17, 15) is 0 Å². The van der Waals surface area contributed by atoms with Crippen LogP contribution in [0, 0.1) is 0 Å². The Morgan fingerprint density at radius 1 is 0.692 bits per heavy atom. The van der Waals surface area contributed by atoms with Crippen LogP contribution in [0.1, 0.15) is 50.0 Å². The van der Waals surface area contributed by atoms with E-state index in [1.165, 1.54) is 0 Å². The Bertz CT molecular complexity index is 41.4. The summed E-state index contributed by atoms with van der Waals surface area (Å²) in [6.45, 7) is 7.20. The summed E-state index contributed by atoms with van der Waals surface area (Å²) in [4.78, 5) is 0. The highest BCUT2D eigenvalue weighted by molar-refractivity contribution is 4.28. The van der Waals surface area contributed by atoms with E-state index in [2.05, 4.69) is 6.92 Å². The Labute approximate surface area is 86.6 Å². The van der Waals surface area contributed by atoms with Crippen molar-refractivity contribution in [3.05, 3.63) is 0 Å². The first kappa shape index (κ1) is 29.3. The fourth-order valence-electron chi connectivity index (χ4n) is 0.509. The minimum absolute atomic E-state index is 0. The molecule has 0 N–H and O–H groups in total. The lowest BCUT2D eigenvalue weighted by atomic mass is 10.5. The lowest BCUT2D eigenvalue weighted by molar-refractivity contribution is 0.0531. The van der Waals surface area contributed by atoms with E-state index in [0.29, 0.717) is 0 Å². The molecule has 0 rings (SSSR count). The van der Waals surface area contributed by atoms with Crippen molar-refractivity contribution in [2.75, 3.05) is 26.4 Å². The molecule has 0 unspecified atom stereocenters. The molecule has 0 fully saturated rings. The van der Waals surface area contributed by atoms with Crippen LogP contribution in [0.2, 0.25) is 0 Å². The third-order valence-corrected chi connectivity index (χ3v) is 0.925. The fourth-order valence-corrected chi connectivity index (χ4v) is 0.509. The normalized spacial score (nSPS) is 6.92. The third-order valence-electron chi connectivity index (χ3n) is 0.925. The van der Waals surface area contributed by atoms with Gasteiger partial charge in [-0.25, -0.2) is 0 Å². The molecule has 0 aliphatic rings. The molecule has 0 bridgehead atoms. The predicted octanol–water partition coefficient (Wildman–Crippen LogP) is 3.99. The molecule has 0 heterocycles. The summed E-state index contributed by atoms with van der Waals surface area (Å²) in [5.74, 6) is 0. The van der Waals surface area contributed by atoms with Crippen LogP contribution >= 0.6 is 0 Å². The van der Waals surface area contributed by atoms with Crippen LogP contribution in [0.15, 0.2) is 0 Å². The Kier molecular flexibility index (Phi) is 66.8. The Balaban J connectivity index is -0.0000000533. The van der Waals surface area contributed by atoms with Crippen LogP contribution in [-0.4, -0.2) is 26.4 Å². The van der Waals surface area contributed by atoms with Gasteiger partial charge in [-0.15, -0.1) is 0 Å². The van der Waals surface area contributed by atoms with Crippen LogP contribution < -0.4 is 0 Å². The molecular weight excluding hydrogens is 164 g/mol. The van der Waals surface area contributed by atoms with Crippen LogP contribution in [0.3, 0.4) is 0 Å². The number of hydrogen-bond donors (Lipinski definition) is 0. The average Bonchev–Trinajstić information content (AvgIpc) is 1.89. The van der Waals surface area contributed by atoms with Crippen LogP contribution in [0.4, 0.5) is 0 Å². The molecule has 0 aromatic rings. The Morgan fingerprint density at radius 2 is 1.15 bits per heavy atom. The van der Waals surface area contributed by atoms with Gasteiger partial charge in [0.2, 0.25) is 0 Å². The van der Waals surface area contributed by atoms with Crippen LogP contribution in [0.25, 0.3) is 0 Å². The predicted molar refractivity (Wildman–Crippen MR) is 64.5 cm³/mol. The zero-order valence-electron chi connectivity index (χ0n) is 6.35. The summed E-state index contributed by atoms with van der Waals surface area (Å²) in [5.41, 5.74) is 0. The molecule has 0 aliphatic carbocycles. The van der Waals surface area contributed by atoms with Gasteiger partial charge in [-0.05, 0) is 13.3 Å². The average molecular weight is 196 g/mol. The van der Waals surface area contributed by atoms with E-state index >= 15 is 0 Å². The van der Waals surface area contributed by atoms with Gasteiger partial charge < -0.3 is 9.47 Å².